The number of carbonyl (C=O) groups excluding carboxylic acids is 2. The lowest BCUT2D eigenvalue weighted by molar-refractivity contribution is -0.137. The lowest BCUT2D eigenvalue weighted by Gasteiger charge is -2.26. The number of hydrazone groups is 1. The molecule has 152 valence electrons. The predicted molar refractivity (Wildman–Crippen MR) is 110 cm³/mol. The Bertz CT molecular complexity index is 870. The van der Waals surface area contributed by atoms with Crippen molar-refractivity contribution in [1.82, 2.24) is 10.3 Å². The molecule has 29 heavy (non-hydrogen) atoms. The molecule has 1 saturated heterocycles. The van der Waals surface area contributed by atoms with E-state index in [4.69, 9.17) is 9.47 Å². The van der Waals surface area contributed by atoms with Crippen LogP contribution in [0.2, 0.25) is 0 Å². The molecule has 1 heterocycles. The molecule has 0 spiro atoms. The van der Waals surface area contributed by atoms with Crippen molar-refractivity contribution in [3.05, 3.63) is 65.2 Å². The molecule has 0 bridgehead atoms. The molecule has 3 rings (SSSR count). The van der Waals surface area contributed by atoms with Gasteiger partial charge < -0.3 is 14.4 Å². The third kappa shape index (κ3) is 5.89. The van der Waals surface area contributed by atoms with E-state index in [1.807, 2.05) is 38.1 Å². The van der Waals surface area contributed by atoms with E-state index in [9.17, 15) is 9.59 Å². The lowest BCUT2D eigenvalue weighted by atomic mass is 10.1. The summed E-state index contributed by atoms with van der Waals surface area (Å²) in [5.74, 6) is 0.298. The van der Waals surface area contributed by atoms with Gasteiger partial charge in [-0.3, -0.25) is 9.59 Å². The van der Waals surface area contributed by atoms with Gasteiger partial charge in [-0.1, -0.05) is 17.7 Å². The number of ether oxygens (including phenoxy) is 2. The molecule has 0 unspecified atom stereocenters. The van der Waals surface area contributed by atoms with Crippen LogP contribution in [0.5, 0.6) is 5.75 Å². The Morgan fingerprint density at radius 3 is 2.31 bits per heavy atom. The fourth-order valence-corrected chi connectivity index (χ4v) is 2.81. The maximum Gasteiger partial charge on any atom is 0.271 e. The SMILES string of the molecule is C/C(=N/NC(=O)c1ccc(C)cc1)c1ccc(OCC(=O)N2CCOCC2)cc1. The minimum absolute atomic E-state index is 0.000967. The van der Waals surface area contributed by atoms with Crippen LogP contribution in [0, 0.1) is 6.92 Å². The number of rotatable bonds is 6. The van der Waals surface area contributed by atoms with E-state index in [0.29, 0.717) is 43.3 Å². The van der Waals surface area contributed by atoms with Crippen molar-refractivity contribution in [2.75, 3.05) is 32.9 Å². The molecule has 1 aliphatic heterocycles. The van der Waals surface area contributed by atoms with Gasteiger partial charge in [0.25, 0.3) is 11.8 Å². The highest BCUT2D eigenvalue weighted by molar-refractivity contribution is 6.00. The molecule has 0 atom stereocenters. The maximum atomic E-state index is 12.1. The van der Waals surface area contributed by atoms with E-state index in [1.54, 1.807) is 29.2 Å². The molecule has 7 nitrogen and oxygen atoms in total. The highest BCUT2D eigenvalue weighted by Crippen LogP contribution is 2.13. The monoisotopic (exact) mass is 395 g/mol. The lowest BCUT2D eigenvalue weighted by Crippen LogP contribution is -2.42. The van der Waals surface area contributed by atoms with Crippen LogP contribution in [-0.2, 0) is 9.53 Å². The Hall–Kier alpha value is -3.19. The highest BCUT2D eigenvalue weighted by Gasteiger charge is 2.17. The average Bonchev–Trinajstić information content (AvgIpc) is 2.77. The standard InChI is InChI=1S/C22H25N3O4/c1-16-3-5-19(6-4-16)22(27)24-23-17(2)18-7-9-20(10-8-18)29-15-21(26)25-11-13-28-14-12-25/h3-10H,11-15H2,1-2H3,(H,24,27)/b23-17-. The summed E-state index contributed by atoms with van der Waals surface area (Å²) in [4.78, 5) is 26.0. The van der Waals surface area contributed by atoms with E-state index in [2.05, 4.69) is 10.5 Å². The van der Waals surface area contributed by atoms with Gasteiger partial charge in [-0.05, 0) is 55.8 Å². The zero-order valence-electron chi connectivity index (χ0n) is 16.7. The predicted octanol–water partition coefficient (Wildman–Crippen LogP) is 2.39. The average molecular weight is 395 g/mol. The van der Waals surface area contributed by atoms with Crippen molar-refractivity contribution in [3.8, 4) is 5.75 Å². The van der Waals surface area contributed by atoms with E-state index >= 15 is 0 Å². The number of carbonyl (C=O) groups is 2. The molecule has 1 aliphatic rings. The summed E-state index contributed by atoms with van der Waals surface area (Å²) < 4.78 is 10.8. The van der Waals surface area contributed by atoms with Gasteiger partial charge in [-0.15, -0.1) is 0 Å². The first kappa shape index (κ1) is 20.5. The van der Waals surface area contributed by atoms with Gasteiger partial charge in [0.1, 0.15) is 5.75 Å². The Morgan fingerprint density at radius 2 is 1.66 bits per heavy atom. The van der Waals surface area contributed by atoms with Gasteiger partial charge >= 0.3 is 0 Å². The number of hydrogen-bond acceptors (Lipinski definition) is 5. The Morgan fingerprint density at radius 1 is 1.03 bits per heavy atom. The van der Waals surface area contributed by atoms with Crippen LogP contribution in [0.4, 0.5) is 0 Å². The largest absolute Gasteiger partial charge is 0.484 e. The summed E-state index contributed by atoms with van der Waals surface area (Å²) in [6, 6.07) is 14.5. The fourth-order valence-electron chi connectivity index (χ4n) is 2.81. The Kier molecular flexibility index (Phi) is 6.97. The minimum atomic E-state index is -0.258. The van der Waals surface area contributed by atoms with Crippen LogP contribution >= 0.6 is 0 Å². The quantitative estimate of drug-likeness (QED) is 0.602. The molecular weight excluding hydrogens is 370 g/mol. The zero-order valence-corrected chi connectivity index (χ0v) is 16.7. The van der Waals surface area contributed by atoms with Gasteiger partial charge in [-0.2, -0.15) is 5.10 Å². The molecule has 2 aromatic carbocycles. The summed E-state index contributed by atoms with van der Waals surface area (Å²) in [6.07, 6.45) is 0. The van der Waals surface area contributed by atoms with Crippen molar-refractivity contribution >= 4 is 17.5 Å². The van der Waals surface area contributed by atoms with Gasteiger partial charge in [0.05, 0.1) is 18.9 Å². The van der Waals surface area contributed by atoms with Crippen LogP contribution in [0.15, 0.2) is 53.6 Å². The summed E-state index contributed by atoms with van der Waals surface area (Å²) in [5.41, 5.74) is 5.73. The second-order valence-corrected chi connectivity index (χ2v) is 6.81. The first-order valence-corrected chi connectivity index (χ1v) is 9.53. The van der Waals surface area contributed by atoms with Crippen molar-refractivity contribution in [2.24, 2.45) is 5.10 Å². The number of nitrogens with one attached hydrogen (secondary N) is 1. The molecule has 7 heteroatoms. The number of morpholine rings is 1. The van der Waals surface area contributed by atoms with Crippen molar-refractivity contribution in [3.63, 3.8) is 0 Å². The third-order valence-corrected chi connectivity index (χ3v) is 4.64. The van der Waals surface area contributed by atoms with Crippen molar-refractivity contribution in [1.29, 1.82) is 0 Å². The Balaban J connectivity index is 1.51. The first-order valence-electron chi connectivity index (χ1n) is 9.53. The van der Waals surface area contributed by atoms with Gasteiger partial charge in [0.2, 0.25) is 0 Å². The number of hydrogen-bond donors (Lipinski definition) is 1. The number of aryl methyl sites for hydroxylation is 1. The number of nitrogens with zero attached hydrogens (tertiary/aromatic N) is 2. The van der Waals surface area contributed by atoms with E-state index < -0.39 is 0 Å². The zero-order chi connectivity index (χ0) is 20.6. The van der Waals surface area contributed by atoms with E-state index in [1.165, 1.54) is 0 Å². The Labute approximate surface area is 170 Å². The molecule has 2 aromatic rings. The molecule has 1 N–H and O–H groups in total. The molecule has 0 aromatic heterocycles. The van der Waals surface area contributed by atoms with Crippen molar-refractivity contribution < 1.29 is 19.1 Å². The van der Waals surface area contributed by atoms with E-state index in [-0.39, 0.29) is 18.4 Å². The molecule has 2 amide bonds. The second kappa shape index (κ2) is 9.84. The van der Waals surface area contributed by atoms with Gasteiger partial charge in [0, 0.05) is 18.7 Å². The minimum Gasteiger partial charge on any atom is -0.484 e. The molecule has 0 radical (unpaired) electrons. The smallest absolute Gasteiger partial charge is 0.271 e. The van der Waals surface area contributed by atoms with Crippen LogP contribution in [0.25, 0.3) is 0 Å². The normalized spacial score (nSPS) is 14.4. The third-order valence-electron chi connectivity index (χ3n) is 4.64. The number of amides is 2. The molecular formula is C22H25N3O4. The summed E-state index contributed by atoms with van der Waals surface area (Å²) in [6.45, 7) is 6.12. The maximum absolute atomic E-state index is 12.1. The van der Waals surface area contributed by atoms with Crippen LogP contribution < -0.4 is 10.2 Å². The number of benzene rings is 2. The summed E-state index contributed by atoms with van der Waals surface area (Å²) in [7, 11) is 0. The molecule has 0 saturated carbocycles. The summed E-state index contributed by atoms with van der Waals surface area (Å²) in [5, 5.41) is 4.16. The highest BCUT2D eigenvalue weighted by atomic mass is 16.5. The van der Waals surface area contributed by atoms with Crippen LogP contribution in [0.1, 0.15) is 28.4 Å². The molecule has 0 aliphatic carbocycles. The van der Waals surface area contributed by atoms with Crippen molar-refractivity contribution in [2.45, 2.75) is 13.8 Å². The van der Waals surface area contributed by atoms with Gasteiger partial charge in [0.15, 0.2) is 6.61 Å². The first-order chi connectivity index (χ1) is 14.0. The summed E-state index contributed by atoms with van der Waals surface area (Å²) >= 11 is 0. The topological polar surface area (TPSA) is 80.2 Å². The van der Waals surface area contributed by atoms with Crippen LogP contribution in [-0.4, -0.2) is 55.3 Å². The molecule has 1 fully saturated rings. The van der Waals surface area contributed by atoms with Gasteiger partial charge in [-0.25, -0.2) is 5.43 Å². The van der Waals surface area contributed by atoms with E-state index in [0.717, 1.165) is 11.1 Å². The van der Waals surface area contributed by atoms with Crippen LogP contribution in [0.3, 0.4) is 0 Å². The fraction of sp³-hybridized carbons (Fsp3) is 0.318. The second-order valence-electron chi connectivity index (χ2n) is 6.81.